The Hall–Kier alpha value is -1.82. The van der Waals surface area contributed by atoms with E-state index in [0.29, 0.717) is 11.7 Å². The van der Waals surface area contributed by atoms with Crippen LogP contribution < -0.4 is 5.32 Å². The van der Waals surface area contributed by atoms with Gasteiger partial charge in [-0.05, 0) is 36.6 Å². The molecule has 2 aromatic heterocycles. The Morgan fingerprint density at radius 1 is 1.40 bits per heavy atom. The maximum absolute atomic E-state index is 12.2. The van der Waals surface area contributed by atoms with Crippen molar-refractivity contribution in [2.75, 3.05) is 0 Å². The van der Waals surface area contributed by atoms with Crippen LogP contribution in [0.2, 0.25) is 5.22 Å². The van der Waals surface area contributed by atoms with Crippen LogP contribution in [-0.4, -0.2) is 16.0 Å². The van der Waals surface area contributed by atoms with E-state index < -0.39 is 5.54 Å². The summed E-state index contributed by atoms with van der Waals surface area (Å²) in [5, 5.41) is 7.13. The third kappa shape index (κ3) is 2.31. The molecule has 7 heteroatoms. The lowest BCUT2D eigenvalue weighted by Crippen LogP contribution is -2.44. The Labute approximate surface area is 120 Å². The molecule has 1 amide bonds. The van der Waals surface area contributed by atoms with Gasteiger partial charge < -0.3 is 14.3 Å². The van der Waals surface area contributed by atoms with E-state index in [2.05, 4.69) is 15.5 Å². The van der Waals surface area contributed by atoms with Crippen LogP contribution in [0.5, 0.6) is 0 Å². The van der Waals surface area contributed by atoms with Crippen LogP contribution in [0.3, 0.4) is 0 Å². The first-order valence-electron chi connectivity index (χ1n) is 6.48. The number of aryl methyl sites for hydroxylation is 1. The van der Waals surface area contributed by atoms with Gasteiger partial charge in [-0.2, -0.15) is 4.98 Å². The molecule has 1 N–H and O–H groups in total. The van der Waals surface area contributed by atoms with Crippen LogP contribution >= 0.6 is 11.6 Å². The van der Waals surface area contributed by atoms with E-state index in [9.17, 15) is 4.79 Å². The van der Waals surface area contributed by atoms with Crippen LogP contribution in [0.4, 0.5) is 0 Å². The van der Waals surface area contributed by atoms with Gasteiger partial charge in [0.2, 0.25) is 5.89 Å². The Kier molecular flexibility index (Phi) is 3.25. The topological polar surface area (TPSA) is 81.2 Å². The van der Waals surface area contributed by atoms with Crippen molar-refractivity contribution >= 4 is 17.5 Å². The van der Waals surface area contributed by atoms with Crippen molar-refractivity contribution in [3.63, 3.8) is 0 Å². The minimum atomic E-state index is -0.575. The average molecular weight is 296 g/mol. The fraction of sp³-hybridized carbons (Fsp3) is 0.462. The number of aromatic nitrogens is 2. The van der Waals surface area contributed by atoms with Gasteiger partial charge in [0.05, 0.1) is 0 Å². The summed E-state index contributed by atoms with van der Waals surface area (Å²) in [6.07, 6.45) is 3.58. The van der Waals surface area contributed by atoms with Crippen molar-refractivity contribution in [1.82, 2.24) is 15.5 Å². The quantitative estimate of drug-likeness (QED) is 0.941. The molecule has 0 radical (unpaired) electrons. The van der Waals surface area contributed by atoms with Gasteiger partial charge in [-0.3, -0.25) is 4.79 Å². The summed E-state index contributed by atoms with van der Waals surface area (Å²) in [6, 6.07) is 3.08. The third-order valence-corrected chi connectivity index (χ3v) is 3.77. The number of hydrogen-bond acceptors (Lipinski definition) is 5. The van der Waals surface area contributed by atoms with Crippen LogP contribution in [0.15, 0.2) is 21.1 Å². The minimum absolute atomic E-state index is 0.182. The normalized spacial score (nSPS) is 17.3. The second kappa shape index (κ2) is 4.94. The highest BCUT2D eigenvalue weighted by Crippen LogP contribution is 2.37. The second-order valence-electron chi connectivity index (χ2n) is 4.98. The van der Waals surface area contributed by atoms with E-state index in [1.165, 1.54) is 6.07 Å². The van der Waals surface area contributed by atoms with E-state index in [4.69, 9.17) is 20.5 Å². The number of halogens is 1. The number of furan rings is 1. The molecule has 0 spiro atoms. The number of carbonyl (C=O) groups is 1. The molecular formula is C13H14ClN3O3. The highest BCUT2D eigenvalue weighted by atomic mass is 35.5. The number of nitrogens with zero attached hydrogens (tertiary/aromatic N) is 2. The second-order valence-corrected chi connectivity index (χ2v) is 5.36. The van der Waals surface area contributed by atoms with Crippen molar-refractivity contribution in [3.05, 3.63) is 34.8 Å². The van der Waals surface area contributed by atoms with Crippen LogP contribution in [-0.2, 0) is 5.54 Å². The zero-order valence-corrected chi connectivity index (χ0v) is 11.7. The molecule has 0 unspecified atom stereocenters. The molecule has 3 rings (SSSR count). The Bertz CT molecular complexity index is 628. The first kappa shape index (κ1) is 13.2. The molecular weight excluding hydrogens is 282 g/mol. The SMILES string of the molecule is Cc1nc(C2(NC(=O)c3ccc(Cl)o3)CCCC2)no1. The minimum Gasteiger partial charge on any atom is -0.440 e. The van der Waals surface area contributed by atoms with Gasteiger partial charge in [0.25, 0.3) is 5.91 Å². The van der Waals surface area contributed by atoms with Gasteiger partial charge in [0.1, 0.15) is 5.54 Å². The van der Waals surface area contributed by atoms with E-state index in [1.807, 2.05) is 0 Å². The fourth-order valence-corrected chi connectivity index (χ4v) is 2.74. The first-order valence-corrected chi connectivity index (χ1v) is 6.85. The zero-order valence-electron chi connectivity index (χ0n) is 11.0. The zero-order chi connectivity index (χ0) is 14.2. The molecule has 6 nitrogen and oxygen atoms in total. The molecule has 1 aliphatic carbocycles. The van der Waals surface area contributed by atoms with Gasteiger partial charge in [-0.15, -0.1) is 0 Å². The van der Waals surface area contributed by atoms with Crippen molar-refractivity contribution in [3.8, 4) is 0 Å². The molecule has 106 valence electrons. The van der Waals surface area contributed by atoms with E-state index in [-0.39, 0.29) is 16.9 Å². The Balaban J connectivity index is 1.86. The largest absolute Gasteiger partial charge is 0.440 e. The lowest BCUT2D eigenvalue weighted by molar-refractivity contribution is 0.0863. The van der Waals surface area contributed by atoms with Gasteiger partial charge >= 0.3 is 0 Å². The molecule has 0 atom stereocenters. The highest BCUT2D eigenvalue weighted by Gasteiger charge is 2.41. The molecule has 0 saturated heterocycles. The van der Waals surface area contributed by atoms with Crippen molar-refractivity contribution in [1.29, 1.82) is 0 Å². The van der Waals surface area contributed by atoms with Crippen molar-refractivity contribution in [2.24, 2.45) is 0 Å². The summed E-state index contributed by atoms with van der Waals surface area (Å²) in [5.41, 5.74) is -0.575. The first-order chi connectivity index (χ1) is 9.59. The molecule has 0 bridgehead atoms. The molecule has 0 aliphatic heterocycles. The standard InChI is InChI=1S/C13H14ClN3O3/c1-8-15-12(17-20-8)13(6-2-3-7-13)16-11(18)9-4-5-10(14)19-9/h4-5H,2-3,6-7H2,1H3,(H,16,18). The maximum Gasteiger partial charge on any atom is 0.287 e. The summed E-state index contributed by atoms with van der Waals surface area (Å²) in [5.74, 6) is 0.878. The van der Waals surface area contributed by atoms with Gasteiger partial charge in [-0.25, -0.2) is 0 Å². The lowest BCUT2D eigenvalue weighted by Gasteiger charge is -2.26. The van der Waals surface area contributed by atoms with Gasteiger partial charge in [0.15, 0.2) is 16.8 Å². The smallest absolute Gasteiger partial charge is 0.287 e. The van der Waals surface area contributed by atoms with Crippen LogP contribution in [0.1, 0.15) is 48.0 Å². The Morgan fingerprint density at radius 2 is 2.15 bits per heavy atom. The maximum atomic E-state index is 12.2. The monoisotopic (exact) mass is 295 g/mol. The summed E-state index contributed by atoms with van der Waals surface area (Å²) >= 11 is 5.69. The summed E-state index contributed by atoms with van der Waals surface area (Å²) in [6.45, 7) is 1.73. The van der Waals surface area contributed by atoms with Gasteiger partial charge in [0, 0.05) is 6.92 Å². The van der Waals surface area contributed by atoms with E-state index in [0.717, 1.165) is 25.7 Å². The van der Waals surface area contributed by atoms with E-state index in [1.54, 1.807) is 13.0 Å². The molecule has 1 fully saturated rings. The predicted molar refractivity (Wildman–Crippen MR) is 70.4 cm³/mol. The average Bonchev–Trinajstić information content (AvgIpc) is 3.10. The van der Waals surface area contributed by atoms with Crippen molar-refractivity contribution < 1.29 is 13.7 Å². The number of carbonyl (C=O) groups excluding carboxylic acids is 1. The summed E-state index contributed by atoms with van der Waals surface area (Å²) in [7, 11) is 0. The van der Waals surface area contributed by atoms with Gasteiger partial charge in [-0.1, -0.05) is 18.0 Å². The molecule has 2 aromatic rings. The summed E-state index contributed by atoms with van der Waals surface area (Å²) in [4.78, 5) is 16.5. The fourth-order valence-electron chi connectivity index (χ4n) is 2.59. The summed E-state index contributed by atoms with van der Waals surface area (Å²) < 4.78 is 10.2. The number of nitrogens with one attached hydrogen (secondary N) is 1. The molecule has 2 heterocycles. The van der Waals surface area contributed by atoms with Crippen LogP contribution in [0, 0.1) is 6.92 Å². The highest BCUT2D eigenvalue weighted by molar-refractivity contribution is 6.29. The lowest BCUT2D eigenvalue weighted by atomic mass is 9.96. The Morgan fingerprint density at radius 3 is 2.70 bits per heavy atom. The molecule has 20 heavy (non-hydrogen) atoms. The van der Waals surface area contributed by atoms with E-state index >= 15 is 0 Å². The molecule has 0 aromatic carbocycles. The van der Waals surface area contributed by atoms with Crippen LogP contribution in [0.25, 0.3) is 0 Å². The molecule has 1 aliphatic rings. The number of amides is 1. The molecule has 1 saturated carbocycles. The van der Waals surface area contributed by atoms with Crippen molar-refractivity contribution in [2.45, 2.75) is 38.1 Å². The third-order valence-electron chi connectivity index (χ3n) is 3.56. The number of rotatable bonds is 3. The number of hydrogen-bond donors (Lipinski definition) is 1. The predicted octanol–water partition coefficient (Wildman–Crippen LogP) is 2.82.